The van der Waals surface area contributed by atoms with Crippen LogP contribution in [-0.4, -0.2) is 40.8 Å². The van der Waals surface area contributed by atoms with Gasteiger partial charge in [0.1, 0.15) is 11.5 Å². The second-order valence-corrected chi connectivity index (χ2v) is 4.43. The first-order chi connectivity index (χ1) is 9.97. The lowest BCUT2D eigenvalue weighted by Crippen LogP contribution is -2.23. The maximum atomic E-state index is 12.7. The van der Waals surface area contributed by atoms with Gasteiger partial charge in [0, 0.05) is 20.3 Å². The summed E-state index contributed by atoms with van der Waals surface area (Å²) in [5.74, 6) is -1.18. The van der Waals surface area contributed by atoms with Crippen molar-refractivity contribution in [1.29, 1.82) is 0 Å². The first kappa shape index (κ1) is 14.6. The zero-order valence-corrected chi connectivity index (χ0v) is 11.5. The molecule has 0 aliphatic carbocycles. The summed E-state index contributed by atoms with van der Waals surface area (Å²) in [6.07, 6.45) is 1.12. The molecule has 2 aromatic rings. The highest BCUT2D eigenvalue weighted by Gasteiger charge is 2.12. The van der Waals surface area contributed by atoms with Crippen molar-refractivity contribution in [2.45, 2.75) is 0 Å². The van der Waals surface area contributed by atoms with Gasteiger partial charge in [-0.3, -0.25) is 9.59 Å². The van der Waals surface area contributed by atoms with Crippen molar-refractivity contribution in [3.8, 4) is 0 Å². The van der Waals surface area contributed by atoms with Crippen molar-refractivity contribution in [3.05, 3.63) is 53.7 Å². The highest BCUT2D eigenvalue weighted by Crippen LogP contribution is 2.09. The molecule has 1 N–H and O–H groups in total. The largest absolute Gasteiger partial charge is 0.343 e. The normalized spacial score (nSPS) is 10.0. The fourth-order valence-corrected chi connectivity index (χ4v) is 1.55. The molecule has 7 heteroatoms. The Hall–Kier alpha value is -2.83. The van der Waals surface area contributed by atoms with E-state index in [0.717, 1.165) is 12.3 Å². The number of nitrogens with one attached hydrogen (secondary N) is 1. The smallest absolute Gasteiger partial charge is 0.272 e. The summed E-state index contributed by atoms with van der Waals surface area (Å²) in [6.45, 7) is 0. The number of anilines is 1. The molecule has 2 rings (SSSR count). The van der Waals surface area contributed by atoms with Crippen LogP contribution in [0.15, 0.2) is 36.5 Å². The fourth-order valence-electron chi connectivity index (χ4n) is 1.55. The van der Waals surface area contributed by atoms with Crippen LogP contribution in [0.2, 0.25) is 0 Å². The minimum Gasteiger partial charge on any atom is -0.343 e. The third kappa shape index (κ3) is 3.59. The molecular weight excluding hydrogens is 275 g/mol. The van der Waals surface area contributed by atoms with Gasteiger partial charge in [0.25, 0.3) is 11.8 Å². The van der Waals surface area contributed by atoms with Crippen LogP contribution in [0, 0.1) is 5.95 Å². The summed E-state index contributed by atoms with van der Waals surface area (Å²) in [5.41, 5.74) is 0.414. The fraction of sp³-hybridized carbons (Fsp3) is 0.143. The molecule has 108 valence electrons. The highest BCUT2D eigenvalue weighted by atomic mass is 19.1. The van der Waals surface area contributed by atoms with Crippen LogP contribution in [0.5, 0.6) is 0 Å². The summed E-state index contributed by atoms with van der Waals surface area (Å²) < 4.78 is 12.7. The van der Waals surface area contributed by atoms with E-state index in [1.807, 2.05) is 0 Å². The van der Waals surface area contributed by atoms with E-state index in [4.69, 9.17) is 0 Å². The second kappa shape index (κ2) is 6.08. The van der Waals surface area contributed by atoms with Gasteiger partial charge >= 0.3 is 0 Å². The third-order valence-electron chi connectivity index (χ3n) is 2.61. The number of rotatable bonds is 3. The van der Waals surface area contributed by atoms with Gasteiger partial charge in [-0.15, -0.1) is 0 Å². The number of hydrogen-bond acceptors (Lipinski definition) is 4. The van der Waals surface area contributed by atoms with E-state index in [9.17, 15) is 14.0 Å². The number of hydrogen-bond donors (Lipinski definition) is 1. The molecule has 0 radical (unpaired) electrons. The van der Waals surface area contributed by atoms with Crippen LogP contribution in [-0.2, 0) is 0 Å². The van der Waals surface area contributed by atoms with Gasteiger partial charge < -0.3 is 10.2 Å². The maximum absolute atomic E-state index is 12.7. The van der Waals surface area contributed by atoms with Crippen LogP contribution < -0.4 is 5.32 Å². The summed E-state index contributed by atoms with van der Waals surface area (Å²) >= 11 is 0. The Labute approximate surface area is 120 Å². The van der Waals surface area contributed by atoms with Gasteiger partial charge in [-0.2, -0.15) is 4.39 Å². The predicted molar refractivity (Wildman–Crippen MR) is 74.4 cm³/mol. The van der Waals surface area contributed by atoms with Crippen LogP contribution in [0.4, 0.5) is 10.2 Å². The lowest BCUT2D eigenvalue weighted by atomic mass is 10.2. The first-order valence-corrected chi connectivity index (χ1v) is 6.09. The van der Waals surface area contributed by atoms with Crippen LogP contribution in [0.25, 0.3) is 0 Å². The molecule has 0 saturated heterocycles. The molecule has 0 aromatic carbocycles. The molecule has 6 nitrogen and oxygen atoms in total. The van der Waals surface area contributed by atoms with Crippen LogP contribution in [0.3, 0.4) is 0 Å². The predicted octanol–water partition coefficient (Wildman–Crippen LogP) is 1.57. The third-order valence-corrected chi connectivity index (χ3v) is 2.61. The lowest BCUT2D eigenvalue weighted by molar-refractivity contribution is 0.0821. The Kier molecular flexibility index (Phi) is 4.22. The summed E-state index contributed by atoms with van der Waals surface area (Å²) in [5, 5.41) is 2.53. The number of halogens is 1. The van der Waals surface area contributed by atoms with Crippen molar-refractivity contribution < 1.29 is 14.0 Å². The highest BCUT2D eigenvalue weighted by molar-refractivity contribution is 6.03. The van der Waals surface area contributed by atoms with E-state index >= 15 is 0 Å². The van der Waals surface area contributed by atoms with Crippen molar-refractivity contribution in [2.24, 2.45) is 0 Å². The molecule has 0 unspecified atom stereocenters. The summed E-state index contributed by atoms with van der Waals surface area (Å²) in [7, 11) is 3.22. The topological polar surface area (TPSA) is 75.2 Å². The minimum atomic E-state index is -0.664. The molecule has 21 heavy (non-hydrogen) atoms. The molecule has 0 atom stereocenters. The Morgan fingerprint density at radius 3 is 2.57 bits per heavy atom. The quantitative estimate of drug-likeness (QED) is 0.870. The first-order valence-electron chi connectivity index (χ1n) is 6.09. The standard InChI is InChI=1S/C14H13FN4O2/c1-19(2)14(21)10-4-3-5-12(17-10)18-13(20)9-6-7-11(15)16-8-9/h3-8H,1-2H3,(H,17,18,20). The Bertz CT molecular complexity index is 671. The SMILES string of the molecule is CN(C)C(=O)c1cccc(NC(=O)c2ccc(F)nc2)n1. The van der Waals surface area contributed by atoms with E-state index in [0.29, 0.717) is 0 Å². The molecular formula is C14H13FN4O2. The molecule has 0 spiro atoms. The maximum Gasteiger partial charge on any atom is 0.272 e. The molecule has 2 amide bonds. The Balaban J connectivity index is 2.16. The number of aromatic nitrogens is 2. The van der Waals surface area contributed by atoms with E-state index in [2.05, 4.69) is 15.3 Å². The van der Waals surface area contributed by atoms with E-state index in [-0.39, 0.29) is 23.0 Å². The average molecular weight is 288 g/mol. The van der Waals surface area contributed by atoms with E-state index in [1.165, 1.54) is 11.0 Å². The number of carbonyl (C=O) groups excluding carboxylic acids is 2. The minimum absolute atomic E-state index is 0.197. The van der Waals surface area contributed by atoms with Crippen LogP contribution >= 0.6 is 0 Å². The number of carbonyl (C=O) groups is 2. The van der Waals surface area contributed by atoms with E-state index < -0.39 is 11.9 Å². The van der Waals surface area contributed by atoms with Gasteiger partial charge in [-0.25, -0.2) is 9.97 Å². The van der Waals surface area contributed by atoms with Crippen LogP contribution in [0.1, 0.15) is 20.8 Å². The summed E-state index contributed by atoms with van der Waals surface area (Å²) in [4.78, 5) is 32.6. The summed E-state index contributed by atoms with van der Waals surface area (Å²) in [6, 6.07) is 7.13. The number of pyridine rings is 2. The van der Waals surface area contributed by atoms with Crippen molar-refractivity contribution in [2.75, 3.05) is 19.4 Å². The van der Waals surface area contributed by atoms with Crippen molar-refractivity contribution in [3.63, 3.8) is 0 Å². The van der Waals surface area contributed by atoms with Gasteiger partial charge in [-0.1, -0.05) is 6.07 Å². The zero-order chi connectivity index (χ0) is 15.4. The lowest BCUT2D eigenvalue weighted by Gasteiger charge is -2.10. The zero-order valence-electron chi connectivity index (χ0n) is 11.5. The van der Waals surface area contributed by atoms with Gasteiger partial charge in [-0.05, 0) is 24.3 Å². The molecule has 2 heterocycles. The molecule has 0 bridgehead atoms. The average Bonchev–Trinajstić information content (AvgIpc) is 2.47. The van der Waals surface area contributed by atoms with Gasteiger partial charge in [0.15, 0.2) is 0 Å². The number of amides is 2. The van der Waals surface area contributed by atoms with Gasteiger partial charge in [0.05, 0.1) is 5.56 Å². The van der Waals surface area contributed by atoms with Crippen molar-refractivity contribution in [1.82, 2.24) is 14.9 Å². The Morgan fingerprint density at radius 1 is 1.19 bits per heavy atom. The van der Waals surface area contributed by atoms with Gasteiger partial charge in [0.2, 0.25) is 5.95 Å². The molecule has 2 aromatic heterocycles. The molecule has 0 aliphatic heterocycles. The second-order valence-electron chi connectivity index (χ2n) is 4.43. The molecule has 0 fully saturated rings. The van der Waals surface area contributed by atoms with E-state index in [1.54, 1.807) is 32.3 Å². The van der Waals surface area contributed by atoms with Crippen molar-refractivity contribution >= 4 is 17.6 Å². The monoisotopic (exact) mass is 288 g/mol. The number of nitrogens with zero attached hydrogens (tertiary/aromatic N) is 3. The Morgan fingerprint density at radius 2 is 1.95 bits per heavy atom. The molecule has 0 saturated carbocycles. The molecule has 0 aliphatic rings.